The van der Waals surface area contributed by atoms with Gasteiger partial charge in [-0.05, 0) is 18.8 Å². The van der Waals surface area contributed by atoms with Gasteiger partial charge < -0.3 is 10.8 Å². The number of aliphatic hydroxyl groups is 1. The first kappa shape index (κ1) is 12.4. The van der Waals surface area contributed by atoms with Crippen LogP contribution in [-0.4, -0.2) is 16.7 Å². The van der Waals surface area contributed by atoms with Crippen LogP contribution in [0.3, 0.4) is 0 Å². The maximum atomic E-state index is 10.2. The van der Waals surface area contributed by atoms with Crippen molar-refractivity contribution >= 4 is 0 Å². The Hall–Kier alpha value is -0.600. The van der Waals surface area contributed by atoms with Crippen molar-refractivity contribution in [2.75, 3.05) is 0 Å². The summed E-state index contributed by atoms with van der Waals surface area (Å²) in [5.41, 5.74) is 5.04. The molecule has 0 saturated carbocycles. The van der Waals surface area contributed by atoms with Crippen LogP contribution >= 0.6 is 0 Å². The third-order valence-corrected chi connectivity index (χ3v) is 2.33. The molecule has 0 aliphatic heterocycles. The second kappa shape index (κ2) is 5.20. The zero-order valence-electron chi connectivity index (χ0n) is 8.66. The van der Waals surface area contributed by atoms with Crippen molar-refractivity contribution in [3.8, 4) is 0 Å². The first-order chi connectivity index (χ1) is 5.98. The molecule has 3 N–H and O–H groups in total. The first-order valence-corrected chi connectivity index (χ1v) is 4.67. The van der Waals surface area contributed by atoms with Crippen molar-refractivity contribution in [3.63, 3.8) is 0 Å². The first-order valence-electron chi connectivity index (χ1n) is 4.67. The summed E-state index contributed by atoms with van der Waals surface area (Å²) in [5, 5.41) is 10.2. The maximum Gasteiger partial charge on any atom is 0.0868 e. The van der Waals surface area contributed by atoms with Crippen LogP contribution in [0.5, 0.6) is 0 Å². The van der Waals surface area contributed by atoms with Crippen molar-refractivity contribution in [2.45, 2.75) is 38.3 Å². The lowest BCUT2D eigenvalue weighted by molar-refractivity contribution is 0.00532. The van der Waals surface area contributed by atoms with Gasteiger partial charge >= 0.3 is 0 Å². The van der Waals surface area contributed by atoms with E-state index >= 15 is 0 Å². The average Bonchev–Trinajstić information content (AvgIpc) is 2.03. The fraction of sp³-hybridized carbons (Fsp3) is 0.636. The van der Waals surface area contributed by atoms with E-state index in [2.05, 4.69) is 13.2 Å². The van der Waals surface area contributed by atoms with Crippen LogP contribution in [0.4, 0.5) is 0 Å². The molecule has 0 aromatic rings. The number of hydrogen-bond acceptors (Lipinski definition) is 2. The monoisotopic (exact) mass is 183 g/mol. The largest absolute Gasteiger partial charge is 0.388 e. The van der Waals surface area contributed by atoms with E-state index in [1.807, 2.05) is 13.8 Å². The highest BCUT2D eigenvalue weighted by molar-refractivity contribution is 4.99. The molecule has 13 heavy (non-hydrogen) atoms. The molecular weight excluding hydrogens is 162 g/mol. The Morgan fingerprint density at radius 1 is 1.31 bits per heavy atom. The Bertz CT molecular complexity index is 165. The van der Waals surface area contributed by atoms with Crippen molar-refractivity contribution in [1.29, 1.82) is 0 Å². The smallest absolute Gasteiger partial charge is 0.0868 e. The van der Waals surface area contributed by atoms with Crippen molar-refractivity contribution in [3.05, 3.63) is 25.3 Å². The molecule has 2 heteroatoms. The summed E-state index contributed by atoms with van der Waals surface area (Å²) in [6, 6.07) is -0.233. The summed E-state index contributed by atoms with van der Waals surface area (Å²) in [6.07, 6.45) is 4.42. The minimum Gasteiger partial charge on any atom is -0.388 e. The molecular formula is C11H21NO. The highest BCUT2D eigenvalue weighted by Crippen LogP contribution is 2.24. The number of nitrogens with two attached hydrogens (primary N) is 1. The van der Waals surface area contributed by atoms with Crippen molar-refractivity contribution < 1.29 is 5.11 Å². The second-order valence-electron chi connectivity index (χ2n) is 3.86. The van der Waals surface area contributed by atoms with Crippen LogP contribution < -0.4 is 5.73 Å². The van der Waals surface area contributed by atoms with Gasteiger partial charge in [-0.25, -0.2) is 0 Å². The van der Waals surface area contributed by atoms with E-state index in [0.29, 0.717) is 12.8 Å². The Kier molecular flexibility index (Phi) is 4.96. The second-order valence-corrected chi connectivity index (χ2v) is 3.86. The zero-order chi connectivity index (χ0) is 10.5. The summed E-state index contributed by atoms with van der Waals surface area (Å²) >= 11 is 0. The van der Waals surface area contributed by atoms with E-state index in [9.17, 15) is 5.11 Å². The quantitative estimate of drug-likeness (QED) is 0.617. The third-order valence-electron chi connectivity index (χ3n) is 2.33. The molecule has 0 bridgehead atoms. The molecule has 0 rings (SSSR count). The molecule has 0 saturated heterocycles. The Balaban J connectivity index is 4.54. The van der Waals surface area contributed by atoms with Gasteiger partial charge in [0.15, 0.2) is 0 Å². The van der Waals surface area contributed by atoms with E-state index in [1.54, 1.807) is 12.2 Å². The molecule has 0 aliphatic carbocycles. The topological polar surface area (TPSA) is 46.2 Å². The van der Waals surface area contributed by atoms with Crippen molar-refractivity contribution in [2.24, 2.45) is 11.7 Å². The number of hydrogen-bond donors (Lipinski definition) is 2. The van der Waals surface area contributed by atoms with Crippen LogP contribution in [0.1, 0.15) is 26.7 Å². The molecule has 0 aromatic heterocycles. The van der Waals surface area contributed by atoms with Crippen LogP contribution in [0.15, 0.2) is 25.3 Å². The molecule has 0 spiro atoms. The van der Waals surface area contributed by atoms with Gasteiger partial charge in [-0.1, -0.05) is 26.0 Å². The van der Waals surface area contributed by atoms with Gasteiger partial charge in [-0.15, -0.1) is 13.2 Å². The molecule has 1 unspecified atom stereocenters. The summed E-state index contributed by atoms with van der Waals surface area (Å²) in [6.45, 7) is 11.2. The van der Waals surface area contributed by atoms with Gasteiger partial charge in [0.25, 0.3) is 0 Å². The molecule has 76 valence electrons. The fourth-order valence-electron chi connectivity index (χ4n) is 1.48. The van der Waals surface area contributed by atoms with Gasteiger partial charge in [-0.2, -0.15) is 0 Å². The highest BCUT2D eigenvalue weighted by atomic mass is 16.3. The minimum absolute atomic E-state index is 0.233. The summed E-state index contributed by atoms with van der Waals surface area (Å²) in [4.78, 5) is 0. The summed E-state index contributed by atoms with van der Waals surface area (Å²) < 4.78 is 0. The van der Waals surface area contributed by atoms with E-state index < -0.39 is 5.60 Å². The summed E-state index contributed by atoms with van der Waals surface area (Å²) in [7, 11) is 0. The van der Waals surface area contributed by atoms with Gasteiger partial charge in [-0.3, -0.25) is 0 Å². The molecule has 0 fully saturated rings. The Morgan fingerprint density at radius 3 is 1.92 bits per heavy atom. The van der Waals surface area contributed by atoms with Crippen LogP contribution in [0.25, 0.3) is 0 Å². The van der Waals surface area contributed by atoms with E-state index in [4.69, 9.17) is 5.73 Å². The molecule has 0 radical (unpaired) electrons. The molecule has 0 heterocycles. The lowest BCUT2D eigenvalue weighted by Crippen LogP contribution is -2.50. The Morgan fingerprint density at radius 2 is 1.69 bits per heavy atom. The van der Waals surface area contributed by atoms with Crippen molar-refractivity contribution in [1.82, 2.24) is 0 Å². The van der Waals surface area contributed by atoms with E-state index in [0.717, 1.165) is 0 Å². The van der Waals surface area contributed by atoms with E-state index in [1.165, 1.54) is 0 Å². The number of rotatable bonds is 6. The Labute approximate surface area is 81.1 Å². The minimum atomic E-state index is -0.877. The molecule has 2 nitrogen and oxygen atoms in total. The molecule has 0 aromatic carbocycles. The molecule has 0 aliphatic rings. The SMILES string of the molecule is C=CCC(O)(CC=C)C(N)C(C)C. The fourth-order valence-corrected chi connectivity index (χ4v) is 1.48. The predicted octanol–water partition coefficient (Wildman–Crippen LogP) is 1.85. The molecule has 1 atom stereocenters. The normalized spacial score (nSPS) is 14.2. The van der Waals surface area contributed by atoms with Crippen LogP contribution in [0, 0.1) is 5.92 Å². The lowest BCUT2D eigenvalue weighted by atomic mass is 9.82. The predicted molar refractivity (Wildman–Crippen MR) is 57.4 cm³/mol. The van der Waals surface area contributed by atoms with Crippen LogP contribution in [0.2, 0.25) is 0 Å². The van der Waals surface area contributed by atoms with Gasteiger partial charge in [0.2, 0.25) is 0 Å². The third kappa shape index (κ3) is 3.33. The van der Waals surface area contributed by atoms with Gasteiger partial charge in [0, 0.05) is 6.04 Å². The summed E-state index contributed by atoms with van der Waals surface area (Å²) in [5.74, 6) is 0.255. The zero-order valence-corrected chi connectivity index (χ0v) is 8.66. The lowest BCUT2D eigenvalue weighted by Gasteiger charge is -2.34. The highest BCUT2D eigenvalue weighted by Gasteiger charge is 2.33. The standard InChI is InChI=1S/C11H21NO/c1-5-7-11(13,8-6-2)10(12)9(3)4/h5-6,9-10,13H,1-2,7-8,12H2,3-4H3. The van der Waals surface area contributed by atoms with Gasteiger partial charge in [0.1, 0.15) is 0 Å². The average molecular weight is 183 g/mol. The van der Waals surface area contributed by atoms with Crippen LogP contribution in [-0.2, 0) is 0 Å². The molecule has 0 amide bonds. The van der Waals surface area contributed by atoms with Gasteiger partial charge in [0.05, 0.1) is 5.60 Å². The van der Waals surface area contributed by atoms with E-state index in [-0.39, 0.29) is 12.0 Å². The maximum absolute atomic E-state index is 10.2.